The summed E-state index contributed by atoms with van der Waals surface area (Å²) < 4.78 is 32.7. The molecule has 2 unspecified atom stereocenters. The third kappa shape index (κ3) is 5.11. The number of ether oxygens (including phenoxy) is 1. The highest BCUT2D eigenvalue weighted by Crippen LogP contribution is 2.25. The molecule has 2 heterocycles. The number of sulfonamides is 1. The van der Waals surface area contributed by atoms with Crippen LogP contribution in [0.2, 0.25) is 0 Å². The highest BCUT2D eigenvalue weighted by molar-refractivity contribution is 7.89. The van der Waals surface area contributed by atoms with Crippen LogP contribution in [0.5, 0.6) is 0 Å². The number of piperidine rings is 1. The van der Waals surface area contributed by atoms with E-state index in [1.807, 2.05) is 0 Å². The Morgan fingerprint density at radius 1 is 1.18 bits per heavy atom. The molecule has 2 aliphatic heterocycles. The van der Waals surface area contributed by atoms with Gasteiger partial charge in [0.25, 0.3) is 0 Å². The number of carbonyl (C=O) groups excluding carboxylic acids is 1. The highest BCUT2D eigenvalue weighted by atomic mass is 32.2. The predicted molar refractivity (Wildman–Crippen MR) is 109 cm³/mol. The van der Waals surface area contributed by atoms with Crippen LogP contribution in [-0.2, 0) is 19.6 Å². The summed E-state index contributed by atoms with van der Waals surface area (Å²) in [5.74, 6) is 1.06. The molecule has 2 atom stereocenters. The van der Waals surface area contributed by atoms with Crippen LogP contribution < -0.4 is 5.32 Å². The summed E-state index contributed by atoms with van der Waals surface area (Å²) in [7, 11) is -3.60. The molecule has 8 heteroatoms. The van der Waals surface area contributed by atoms with E-state index >= 15 is 0 Å². The number of morpholine rings is 1. The van der Waals surface area contributed by atoms with E-state index in [1.165, 1.54) is 10.7 Å². The Hall–Kier alpha value is -1.48. The van der Waals surface area contributed by atoms with E-state index in [4.69, 9.17) is 4.74 Å². The Bertz CT molecular complexity index is 796. The molecule has 0 aliphatic carbocycles. The van der Waals surface area contributed by atoms with E-state index in [0.29, 0.717) is 55.9 Å². The van der Waals surface area contributed by atoms with E-state index in [0.717, 1.165) is 13.1 Å². The van der Waals surface area contributed by atoms with Crippen molar-refractivity contribution in [1.82, 2.24) is 9.21 Å². The van der Waals surface area contributed by atoms with Crippen molar-refractivity contribution in [3.05, 3.63) is 23.8 Å². The quantitative estimate of drug-likeness (QED) is 0.804. The van der Waals surface area contributed by atoms with E-state index in [9.17, 15) is 13.2 Å². The van der Waals surface area contributed by atoms with Crippen molar-refractivity contribution >= 4 is 21.6 Å². The van der Waals surface area contributed by atoms with E-state index in [2.05, 4.69) is 24.1 Å². The van der Waals surface area contributed by atoms with Crippen LogP contribution in [0.25, 0.3) is 0 Å². The summed E-state index contributed by atoms with van der Waals surface area (Å²) in [6.07, 6.45) is 1.19. The fourth-order valence-corrected chi connectivity index (χ4v) is 5.87. The van der Waals surface area contributed by atoms with E-state index < -0.39 is 10.0 Å². The van der Waals surface area contributed by atoms with Gasteiger partial charge in [-0.2, -0.15) is 4.31 Å². The first-order chi connectivity index (χ1) is 13.3. The number of benzene rings is 1. The van der Waals surface area contributed by atoms with Gasteiger partial charge in [0.15, 0.2) is 0 Å². The lowest BCUT2D eigenvalue weighted by Crippen LogP contribution is -2.42. The van der Waals surface area contributed by atoms with Crippen molar-refractivity contribution in [3.8, 4) is 0 Å². The zero-order valence-electron chi connectivity index (χ0n) is 17.0. The number of rotatable bonds is 5. The number of nitrogens with zero attached hydrogens (tertiary/aromatic N) is 2. The monoisotopic (exact) mass is 409 g/mol. The fraction of sp³-hybridized carbons (Fsp3) is 0.650. The second-order valence-electron chi connectivity index (χ2n) is 8.19. The molecule has 2 aliphatic rings. The largest absolute Gasteiger partial charge is 0.379 e. The Labute approximate surface area is 168 Å². The summed E-state index contributed by atoms with van der Waals surface area (Å²) in [5.41, 5.74) is 1.18. The van der Waals surface area contributed by atoms with Crippen molar-refractivity contribution in [2.24, 2.45) is 11.8 Å². The van der Waals surface area contributed by atoms with Gasteiger partial charge in [0.2, 0.25) is 15.9 Å². The van der Waals surface area contributed by atoms with Crippen LogP contribution in [0, 0.1) is 18.8 Å². The molecule has 0 aromatic heterocycles. The Balaban J connectivity index is 1.69. The number of amides is 1. The molecule has 0 bridgehead atoms. The Morgan fingerprint density at radius 2 is 1.82 bits per heavy atom. The van der Waals surface area contributed by atoms with Crippen LogP contribution >= 0.6 is 0 Å². The first kappa shape index (κ1) is 21.2. The van der Waals surface area contributed by atoms with Crippen LogP contribution in [0.15, 0.2) is 23.1 Å². The highest BCUT2D eigenvalue weighted by Gasteiger charge is 2.28. The van der Waals surface area contributed by atoms with E-state index in [1.54, 1.807) is 25.1 Å². The molecule has 0 saturated carbocycles. The second-order valence-corrected chi connectivity index (χ2v) is 10.1. The lowest BCUT2D eigenvalue weighted by molar-refractivity contribution is -0.117. The van der Waals surface area contributed by atoms with Crippen molar-refractivity contribution in [3.63, 3.8) is 0 Å². The first-order valence-corrected chi connectivity index (χ1v) is 11.4. The molecular formula is C20H31N3O4S. The number of aryl methyl sites for hydroxylation is 1. The van der Waals surface area contributed by atoms with Crippen LogP contribution in [-0.4, -0.2) is 69.5 Å². The number of anilines is 1. The summed E-state index contributed by atoms with van der Waals surface area (Å²) in [5, 5.41) is 2.87. The minimum atomic E-state index is -3.60. The molecule has 1 aromatic carbocycles. The van der Waals surface area contributed by atoms with Crippen molar-refractivity contribution in [1.29, 1.82) is 0 Å². The second kappa shape index (κ2) is 8.90. The predicted octanol–water partition coefficient (Wildman–Crippen LogP) is 1.93. The minimum Gasteiger partial charge on any atom is -0.379 e. The van der Waals surface area contributed by atoms with Gasteiger partial charge >= 0.3 is 0 Å². The lowest BCUT2D eigenvalue weighted by Gasteiger charge is -2.34. The van der Waals surface area contributed by atoms with Gasteiger partial charge in [0.05, 0.1) is 24.7 Å². The lowest BCUT2D eigenvalue weighted by atomic mass is 9.92. The van der Waals surface area contributed by atoms with Crippen LogP contribution in [0.1, 0.15) is 25.8 Å². The number of hydrogen-bond acceptors (Lipinski definition) is 5. The fourth-order valence-electron chi connectivity index (χ4n) is 4.21. The zero-order chi connectivity index (χ0) is 20.3. The smallest absolute Gasteiger partial charge is 0.243 e. The first-order valence-electron chi connectivity index (χ1n) is 9.96. The zero-order valence-corrected chi connectivity index (χ0v) is 17.8. The molecule has 1 aromatic rings. The van der Waals surface area contributed by atoms with Gasteiger partial charge in [-0.25, -0.2) is 8.42 Å². The van der Waals surface area contributed by atoms with Crippen molar-refractivity contribution in [2.45, 2.75) is 32.1 Å². The SMILES string of the molecule is Cc1ccc(NC(=O)CN2CC(C)CC(C)C2)cc1S(=O)(=O)N1CCOCC1. The maximum Gasteiger partial charge on any atom is 0.243 e. The molecule has 28 heavy (non-hydrogen) atoms. The molecule has 1 N–H and O–H groups in total. The minimum absolute atomic E-state index is 0.111. The molecule has 2 saturated heterocycles. The molecule has 0 spiro atoms. The van der Waals surface area contributed by atoms with Crippen molar-refractivity contribution in [2.75, 3.05) is 51.3 Å². The summed E-state index contributed by atoms with van der Waals surface area (Å²) in [6, 6.07) is 5.07. The molecule has 0 radical (unpaired) electrons. The molecule has 3 rings (SSSR count). The van der Waals surface area contributed by atoms with Gasteiger partial charge in [-0.3, -0.25) is 9.69 Å². The molecule has 156 valence electrons. The standard InChI is InChI=1S/C20H31N3O4S/c1-15-10-16(2)13-22(12-15)14-20(24)21-18-5-4-17(3)19(11-18)28(25,26)23-6-8-27-9-7-23/h4-5,11,15-16H,6-10,12-14H2,1-3H3,(H,21,24). The molecule has 7 nitrogen and oxygen atoms in total. The molecule has 2 fully saturated rings. The van der Waals surface area contributed by atoms with Gasteiger partial charge < -0.3 is 10.1 Å². The average molecular weight is 410 g/mol. The number of hydrogen-bond donors (Lipinski definition) is 1. The van der Waals surface area contributed by atoms with Crippen molar-refractivity contribution < 1.29 is 17.9 Å². The maximum atomic E-state index is 13.0. The van der Waals surface area contributed by atoms with Gasteiger partial charge in [-0.15, -0.1) is 0 Å². The number of carbonyl (C=O) groups is 1. The Kier molecular flexibility index (Phi) is 6.75. The Morgan fingerprint density at radius 3 is 2.46 bits per heavy atom. The normalized spacial score (nSPS) is 24.8. The van der Waals surface area contributed by atoms with E-state index in [-0.39, 0.29) is 10.8 Å². The number of likely N-dealkylation sites (tertiary alicyclic amines) is 1. The van der Waals surface area contributed by atoms with Crippen LogP contribution in [0.4, 0.5) is 5.69 Å². The van der Waals surface area contributed by atoms with Gasteiger partial charge in [0.1, 0.15) is 0 Å². The number of nitrogens with one attached hydrogen (secondary N) is 1. The summed E-state index contributed by atoms with van der Waals surface area (Å²) >= 11 is 0. The van der Waals surface area contributed by atoms with Gasteiger partial charge in [-0.05, 0) is 42.9 Å². The van der Waals surface area contributed by atoms with Crippen LogP contribution in [0.3, 0.4) is 0 Å². The molecular weight excluding hydrogens is 378 g/mol. The van der Waals surface area contributed by atoms with Gasteiger partial charge in [-0.1, -0.05) is 19.9 Å². The summed E-state index contributed by atoms with van der Waals surface area (Å²) in [4.78, 5) is 14.9. The maximum absolute atomic E-state index is 13.0. The third-order valence-corrected chi connectivity index (χ3v) is 7.41. The molecule has 1 amide bonds. The third-order valence-electron chi connectivity index (χ3n) is 5.37. The average Bonchev–Trinajstić information content (AvgIpc) is 2.63. The van der Waals surface area contributed by atoms with Gasteiger partial charge in [0, 0.05) is 31.9 Å². The topological polar surface area (TPSA) is 79.0 Å². The summed E-state index contributed by atoms with van der Waals surface area (Å²) in [6.45, 7) is 9.87.